The van der Waals surface area contributed by atoms with Crippen LogP contribution in [0.3, 0.4) is 0 Å². The van der Waals surface area contributed by atoms with Crippen LogP contribution in [0.2, 0.25) is 0 Å². The van der Waals surface area contributed by atoms with Crippen molar-refractivity contribution in [1.29, 1.82) is 0 Å². The number of nitrogens with zero attached hydrogens (tertiary/aromatic N) is 1. The number of carbonyl (C=O) groups excluding carboxylic acids is 1. The van der Waals surface area contributed by atoms with Gasteiger partial charge in [0.05, 0.1) is 12.8 Å². The van der Waals surface area contributed by atoms with Crippen molar-refractivity contribution in [3.63, 3.8) is 0 Å². The third-order valence-electron chi connectivity index (χ3n) is 3.32. The van der Waals surface area contributed by atoms with Gasteiger partial charge in [0.2, 0.25) is 0 Å². The third-order valence-corrected chi connectivity index (χ3v) is 3.81. The van der Waals surface area contributed by atoms with Crippen molar-refractivity contribution in [1.82, 2.24) is 0 Å². The van der Waals surface area contributed by atoms with E-state index >= 15 is 0 Å². The lowest BCUT2D eigenvalue weighted by Crippen LogP contribution is -2.21. The highest BCUT2D eigenvalue weighted by Gasteiger charge is 2.11. The van der Waals surface area contributed by atoms with E-state index in [2.05, 4.69) is 15.9 Å². The van der Waals surface area contributed by atoms with Gasteiger partial charge in [0.25, 0.3) is 0 Å². The molecule has 0 aliphatic carbocycles. The van der Waals surface area contributed by atoms with Gasteiger partial charge < -0.3 is 9.64 Å². The van der Waals surface area contributed by atoms with Gasteiger partial charge in [-0.2, -0.15) is 0 Å². The Kier molecular flexibility index (Phi) is 5.39. The van der Waals surface area contributed by atoms with E-state index in [1.165, 1.54) is 0 Å². The summed E-state index contributed by atoms with van der Waals surface area (Å²) in [4.78, 5) is 14.2. The second kappa shape index (κ2) is 7.27. The summed E-state index contributed by atoms with van der Waals surface area (Å²) >= 11 is 3.39. The number of ketones is 1. The normalized spacial score (nSPS) is 10.2. The number of halogens is 1. The standard InChI is InChI=1S/C17H18BrNO2/c1-19(15-8-3-4-9-17(15)21-2)11-10-16(20)13-6-5-7-14(18)12-13/h3-9,12H,10-11H2,1-2H3. The molecular formula is C17H18BrNO2. The Morgan fingerprint density at radius 3 is 2.67 bits per heavy atom. The third kappa shape index (κ3) is 4.08. The molecule has 0 atom stereocenters. The molecule has 21 heavy (non-hydrogen) atoms. The zero-order valence-corrected chi connectivity index (χ0v) is 13.8. The average Bonchev–Trinajstić information content (AvgIpc) is 2.52. The fourth-order valence-corrected chi connectivity index (χ4v) is 2.54. The van der Waals surface area contributed by atoms with Gasteiger partial charge >= 0.3 is 0 Å². The molecule has 0 saturated carbocycles. The molecule has 0 saturated heterocycles. The van der Waals surface area contributed by atoms with E-state index in [-0.39, 0.29) is 5.78 Å². The van der Waals surface area contributed by atoms with E-state index in [1.807, 2.05) is 60.5 Å². The monoisotopic (exact) mass is 347 g/mol. The number of hydrogen-bond donors (Lipinski definition) is 0. The van der Waals surface area contributed by atoms with Crippen LogP contribution in [0.15, 0.2) is 53.0 Å². The predicted octanol–water partition coefficient (Wildman–Crippen LogP) is 4.17. The number of Topliss-reactive ketones (excluding diaryl/α,β-unsaturated/α-hetero) is 1. The number of methoxy groups -OCH3 is 1. The maximum Gasteiger partial charge on any atom is 0.164 e. The van der Waals surface area contributed by atoms with Crippen LogP contribution >= 0.6 is 15.9 Å². The minimum Gasteiger partial charge on any atom is -0.495 e. The molecule has 2 aromatic rings. The van der Waals surface area contributed by atoms with Gasteiger partial charge in [-0.3, -0.25) is 4.79 Å². The number of rotatable bonds is 6. The van der Waals surface area contributed by atoms with E-state index in [4.69, 9.17) is 4.74 Å². The van der Waals surface area contributed by atoms with Crippen molar-refractivity contribution < 1.29 is 9.53 Å². The largest absolute Gasteiger partial charge is 0.495 e. The molecule has 0 spiro atoms. The van der Waals surface area contributed by atoms with Crippen molar-refractivity contribution in [3.05, 3.63) is 58.6 Å². The van der Waals surface area contributed by atoms with Gasteiger partial charge in [0.15, 0.2) is 5.78 Å². The number of para-hydroxylation sites is 2. The summed E-state index contributed by atoms with van der Waals surface area (Å²) in [5.74, 6) is 0.952. The highest BCUT2D eigenvalue weighted by Crippen LogP contribution is 2.26. The van der Waals surface area contributed by atoms with Crippen LogP contribution in [-0.4, -0.2) is 26.5 Å². The summed E-state index contributed by atoms with van der Waals surface area (Å²) in [5.41, 5.74) is 1.72. The molecule has 0 bridgehead atoms. The van der Waals surface area contributed by atoms with Gasteiger partial charge in [-0.05, 0) is 24.3 Å². The van der Waals surface area contributed by atoms with E-state index in [0.29, 0.717) is 13.0 Å². The Labute approximate surface area is 133 Å². The fourth-order valence-electron chi connectivity index (χ4n) is 2.14. The van der Waals surface area contributed by atoms with Gasteiger partial charge in [-0.1, -0.05) is 40.2 Å². The topological polar surface area (TPSA) is 29.5 Å². The predicted molar refractivity (Wildman–Crippen MR) is 89.4 cm³/mol. The lowest BCUT2D eigenvalue weighted by molar-refractivity contribution is 0.0985. The molecule has 0 aliphatic heterocycles. The summed E-state index contributed by atoms with van der Waals surface area (Å²) in [5, 5.41) is 0. The summed E-state index contributed by atoms with van der Waals surface area (Å²) in [6.45, 7) is 0.645. The van der Waals surface area contributed by atoms with Crippen molar-refractivity contribution in [3.8, 4) is 5.75 Å². The number of carbonyl (C=O) groups is 1. The Hall–Kier alpha value is -1.81. The molecule has 0 fully saturated rings. The number of benzene rings is 2. The zero-order chi connectivity index (χ0) is 15.2. The first-order valence-electron chi connectivity index (χ1n) is 6.74. The van der Waals surface area contributed by atoms with Crippen LogP contribution in [-0.2, 0) is 0 Å². The molecule has 2 aromatic carbocycles. The molecule has 0 aromatic heterocycles. The van der Waals surface area contributed by atoms with Gasteiger partial charge in [-0.25, -0.2) is 0 Å². The van der Waals surface area contributed by atoms with Gasteiger partial charge in [-0.15, -0.1) is 0 Å². The van der Waals surface area contributed by atoms with E-state index < -0.39 is 0 Å². The van der Waals surface area contributed by atoms with E-state index in [1.54, 1.807) is 7.11 Å². The second-order valence-electron chi connectivity index (χ2n) is 4.78. The van der Waals surface area contributed by atoms with Crippen LogP contribution < -0.4 is 9.64 Å². The maximum atomic E-state index is 12.2. The maximum absolute atomic E-state index is 12.2. The van der Waals surface area contributed by atoms with Crippen LogP contribution in [0.25, 0.3) is 0 Å². The molecule has 2 rings (SSSR count). The lowest BCUT2D eigenvalue weighted by Gasteiger charge is -2.21. The molecule has 0 amide bonds. The Bertz CT molecular complexity index is 628. The van der Waals surface area contributed by atoms with Crippen LogP contribution in [0.4, 0.5) is 5.69 Å². The van der Waals surface area contributed by atoms with Crippen LogP contribution in [0.1, 0.15) is 16.8 Å². The van der Waals surface area contributed by atoms with Crippen LogP contribution in [0, 0.1) is 0 Å². The highest BCUT2D eigenvalue weighted by atomic mass is 79.9. The molecule has 3 nitrogen and oxygen atoms in total. The molecule has 0 unspecified atom stereocenters. The smallest absolute Gasteiger partial charge is 0.164 e. The second-order valence-corrected chi connectivity index (χ2v) is 5.69. The first-order chi connectivity index (χ1) is 10.1. The van der Waals surface area contributed by atoms with Gasteiger partial charge in [0.1, 0.15) is 5.75 Å². The minimum absolute atomic E-state index is 0.137. The van der Waals surface area contributed by atoms with Crippen molar-refractivity contribution in [2.45, 2.75) is 6.42 Å². The SMILES string of the molecule is COc1ccccc1N(C)CCC(=O)c1cccc(Br)c1. The molecule has 110 valence electrons. The number of anilines is 1. The minimum atomic E-state index is 0.137. The van der Waals surface area contributed by atoms with Crippen LogP contribution in [0.5, 0.6) is 5.75 Å². The summed E-state index contributed by atoms with van der Waals surface area (Å²) in [6.07, 6.45) is 0.463. The average molecular weight is 348 g/mol. The highest BCUT2D eigenvalue weighted by molar-refractivity contribution is 9.10. The molecule has 0 radical (unpaired) electrons. The fraction of sp³-hybridized carbons (Fsp3) is 0.235. The van der Waals surface area contributed by atoms with E-state index in [0.717, 1.165) is 21.5 Å². The quantitative estimate of drug-likeness (QED) is 0.734. The summed E-state index contributed by atoms with van der Waals surface area (Å²) < 4.78 is 6.26. The summed E-state index contributed by atoms with van der Waals surface area (Å²) in [7, 11) is 3.62. The number of ether oxygens (including phenoxy) is 1. The first kappa shape index (κ1) is 15.6. The molecule has 0 aliphatic rings. The first-order valence-corrected chi connectivity index (χ1v) is 7.54. The summed E-state index contributed by atoms with van der Waals surface area (Å²) in [6, 6.07) is 15.3. The van der Waals surface area contributed by atoms with Gasteiger partial charge in [0, 0.05) is 30.0 Å². The Balaban J connectivity index is 2.01. The van der Waals surface area contributed by atoms with Crippen molar-refractivity contribution >= 4 is 27.4 Å². The lowest BCUT2D eigenvalue weighted by atomic mass is 10.1. The van der Waals surface area contributed by atoms with Crippen molar-refractivity contribution in [2.75, 3.05) is 25.6 Å². The molecule has 0 N–H and O–H groups in total. The van der Waals surface area contributed by atoms with Crippen molar-refractivity contribution in [2.24, 2.45) is 0 Å². The Morgan fingerprint density at radius 2 is 1.95 bits per heavy atom. The Morgan fingerprint density at radius 1 is 1.19 bits per heavy atom. The number of hydrogen-bond acceptors (Lipinski definition) is 3. The molecule has 0 heterocycles. The van der Waals surface area contributed by atoms with E-state index in [9.17, 15) is 4.79 Å². The molecule has 4 heteroatoms. The zero-order valence-electron chi connectivity index (χ0n) is 12.2. The molecular weight excluding hydrogens is 330 g/mol.